The zero-order valence-corrected chi connectivity index (χ0v) is 11.1. The third-order valence-electron chi connectivity index (χ3n) is 2.98. The summed E-state index contributed by atoms with van der Waals surface area (Å²) in [6.07, 6.45) is 0.990. The standard InChI is InChI=1S/C13H19N3S/c1-9(2)11(7-8-14)15-13-10-5-3-4-6-12(10)16-17-13/h3-6,9,11,15H,7-8,14H2,1-2H3. The van der Waals surface area contributed by atoms with Crippen LogP contribution in [-0.4, -0.2) is 17.0 Å². The lowest BCUT2D eigenvalue weighted by Crippen LogP contribution is -2.28. The van der Waals surface area contributed by atoms with Gasteiger partial charge in [-0.3, -0.25) is 0 Å². The van der Waals surface area contributed by atoms with Gasteiger partial charge in [-0.15, -0.1) is 0 Å². The third-order valence-corrected chi connectivity index (χ3v) is 3.79. The molecule has 0 aliphatic rings. The molecule has 2 rings (SSSR count). The van der Waals surface area contributed by atoms with E-state index >= 15 is 0 Å². The average molecular weight is 249 g/mol. The fourth-order valence-corrected chi connectivity index (χ4v) is 2.74. The van der Waals surface area contributed by atoms with E-state index in [1.54, 1.807) is 0 Å². The molecule has 2 aromatic rings. The molecular formula is C13H19N3S. The lowest BCUT2D eigenvalue weighted by Gasteiger charge is -2.21. The van der Waals surface area contributed by atoms with Crippen LogP contribution in [0.5, 0.6) is 0 Å². The molecule has 0 saturated heterocycles. The second-order valence-corrected chi connectivity index (χ2v) is 5.37. The molecule has 0 saturated carbocycles. The highest BCUT2D eigenvalue weighted by molar-refractivity contribution is 7.11. The van der Waals surface area contributed by atoms with Crippen molar-refractivity contribution in [2.75, 3.05) is 11.9 Å². The molecule has 0 amide bonds. The van der Waals surface area contributed by atoms with Crippen LogP contribution in [0.1, 0.15) is 20.3 Å². The Morgan fingerprint density at radius 3 is 2.82 bits per heavy atom. The van der Waals surface area contributed by atoms with Gasteiger partial charge in [-0.2, -0.15) is 4.37 Å². The second kappa shape index (κ2) is 5.47. The van der Waals surface area contributed by atoms with Gasteiger partial charge in [0.25, 0.3) is 0 Å². The van der Waals surface area contributed by atoms with E-state index in [0.29, 0.717) is 18.5 Å². The van der Waals surface area contributed by atoms with Gasteiger partial charge < -0.3 is 11.1 Å². The highest BCUT2D eigenvalue weighted by Crippen LogP contribution is 2.29. The minimum atomic E-state index is 0.420. The summed E-state index contributed by atoms with van der Waals surface area (Å²) in [5.41, 5.74) is 6.72. The van der Waals surface area contributed by atoms with Crippen LogP contribution in [-0.2, 0) is 0 Å². The molecule has 3 N–H and O–H groups in total. The number of hydrogen-bond acceptors (Lipinski definition) is 4. The summed E-state index contributed by atoms with van der Waals surface area (Å²) in [4.78, 5) is 0. The Bertz CT molecular complexity index is 478. The van der Waals surface area contributed by atoms with Crippen molar-refractivity contribution in [3.8, 4) is 0 Å². The van der Waals surface area contributed by atoms with Crippen LogP contribution in [0.15, 0.2) is 24.3 Å². The van der Waals surface area contributed by atoms with E-state index < -0.39 is 0 Å². The Morgan fingerprint density at radius 1 is 1.35 bits per heavy atom. The van der Waals surface area contributed by atoms with Gasteiger partial charge >= 0.3 is 0 Å². The van der Waals surface area contributed by atoms with Crippen molar-refractivity contribution in [3.05, 3.63) is 24.3 Å². The van der Waals surface area contributed by atoms with E-state index in [1.165, 1.54) is 16.9 Å². The fourth-order valence-electron chi connectivity index (χ4n) is 1.91. The van der Waals surface area contributed by atoms with Crippen molar-refractivity contribution in [1.29, 1.82) is 0 Å². The Kier molecular flexibility index (Phi) is 3.97. The second-order valence-electron chi connectivity index (χ2n) is 4.60. The largest absolute Gasteiger partial charge is 0.372 e. The van der Waals surface area contributed by atoms with Crippen LogP contribution in [0.4, 0.5) is 5.00 Å². The smallest absolute Gasteiger partial charge is 0.117 e. The van der Waals surface area contributed by atoms with Gasteiger partial charge in [0.05, 0.1) is 5.52 Å². The molecule has 4 heteroatoms. The van der Waals surface area contributed by atoms with Crippen molar-refractivity contribution < 1.29 is 0 Å². The Labute approximate surface area is 106 Å². The molecule has 92 valence electrons. The van der Waals surface area contributed by atoms with E-state index in [9.17, 15) is 0 Å². The summed E-state index contributed by atoms with van der Waals surface area (Å²) >= 11 is 1.53. The summed E-state index contributed by atoms with van der Waals surface area (Å²) in [5.74, 6) is 0.569. The highest BCUT2D eigenvalue weighted by atomic mass is 32.1. The number of fused-ring (bicyclic) bond motifs is 1. The summed E-state index contributed by atoms with van der Waals surface area (Å²) in [6, 6.07) is 8.65. The molecule has 1 aromatic heterocycles. The Balaban J connectivity index is 2.22. The van der Waals surface area contributed by atoms with Crippen molar-refractivity contribution in [2.24, 2.45) is 11.7 Å². The Hall–Kier alpha value is -1.13. The molecule has 0 aliphatic carbocycles. The van der Waals surface area contributed by atoms with Crippen LogP contribution >= 0.6 is 11.5 Å². The average Bonchev–Trinajstić information content (AvgIpc) is 2.72. The number of nitrogens with zero attached hydrogens (tertiary/aromatic N) is 1. The topological polar surface area (TPSA) is 50.9 Å². The number of nitrogens with one attached hydrogen (secondary N) is 1. The van der Waals surface area contributed by atoms with E-state index in [2.05, 4.69) is 35.7 Å². The SMILES string of the molecule is CC(C)C(CCN)Nc1snc2ccccc12. The van der Waals surface area contributed by atoms with E-state index in [-0.39, 0.29) is 0 Å². The molecule has 1 unspecified atom stereocenters. The van der Waals surface area contributed by atoms with Crippen LogP contribution in [0.2, 0.25) is 0 Å². The van der Waals surface area contributed by atoms with Crippen LogP contribution < -0.4 is 11.1 Å². The summed E-state index contributed by atoms with van der Waals surface area (Å²) in [7, 11) is 0. The van der Waals surface area contributed by atoms with Crippen molar-refractivity contribution in [1.82, 2.24) is 4.37 Å². The molecule has 0 aliphatic heterocycles. The van der Waals surface area contributed by atoms with Gasteiger partial charge in [-0.05, 0) is 42.5 Å². The molecule has 0 bridgehead atoms. The molecule has 0 radical (unpaired) electrons. The molecule has 0 fully saturated rings. The predicted octanol–water partition coefficient (Wildman–Crippen LogP) is 3.08. The van der Waals surface area contributed by atoms with E-state index in [0.717, 1.165) is 16.9 Å². The maximum absolute atomic E-state index is 5.66. The minimum absolute atomic E-state index is 0.420. The lowest BCUT2D eigenvalue weighted by molar-refractivity contribution is 0.500. The quantitative estimate of drug-likeness (QED) is 0.856. The molecular weight excluding hydrogens is 230 g/mol. The number of aromatic nitrogens is 1. The first-order valence-corrected chi connectivity index (χ1v) is 6.80. The van der Waals surface area contributed by atoms with Crippen LogP contribution in [0, 0.1) is 5.92 Å². The van der Waals surface area contributed by atoms with Crippen LogP contribution in [0.3, 0.4) is 0 Å². The van der Waals surface area contributed by atoms with Gasteiger partial charge in [-0.1, -0.05) is 26.0 Å². The maximum atomic E-state index is 5.66. The fraction of sp³-hybridized carbons (Fsp3) is 0.462. The zero-order valence-electron chi connectivity index (χ0n) is 10.3. The van der Waals surface area contributed by atoms with Gasteiger partial charge in [0.15, 0.2) is 0 Å². The Morgan fingerprint density at radius 2 is 2.12 bits per heavy atom. The van der Waals surface area contributed by atoms with Gasteiger partial charge in [0, 0.05) is 11.4 Å². The van der Waals surface area contributed by atoms with Gasteiger partial charge in [0.1, 0.15) is 5.00 Å². The first kappa shape index (κ1) is 12.3. The molecule has 1 heterocycles. The number of nitrogens with two attached hydrogens (primary N) is 1. The van der Waals surface area contributed by atoms with E-state index in [4.69, 9.17) is 5.73 Å². The number of rotatable bonds is 5. The van der Waals surface area contributed by atoms with Crippen LogP contribution in [0.25, 0.3) is 10.9 Å². The highest BCUT2D eigenvalue weighted by Gasteiger charge is 2.14. The molecule has 3 nitrogen and oxygen atoms in total. The lowest BCUT2D eigenvalue weighted by atomic mass is 10.0. The van der Waals surface area contributed by atoms with Crippen molar-refractivity contribution in [2.45, 2.75) is 26.3 Å². The summed E-state index contributed by atoms with van der Waals surface area (Å²) in [6.45, 7) is 5.15. The monoisotopic (exact) mass is 249 g/mol. The van der Waals surface area contributed by atoms with Crippen molar-refractivity contribution >= 4 is 27.4 Å². The summed E-state index contributed by atoms with van der Waals surface area (Å²) < 4.78 is 4.44. The minimum Gasteiger partial charge on any atom is -0.372 e. The number of anilines is 1. The number of hydrogen-bond donors (Lipinski definition) is 2. The summed E-state index contributed by atoms with van der Waals surface area (Å²) in [5, 5.41) is 5.95. The van der Waals surface area contributed by atoms with Gasteiger partial charge in [-0.25, -0.2) is 0 Å². The first-order chi connectivity index (χ1) is 8.22. The predicted molar refractivity (Wildman–Crippen MR) is 75.5 cm³/mol. The molecule has 1 atom stereocenters. The normalized spacial score (nSPS) is 13.2. The number of benzene rings is 1. The molecule has 1 aromatic carbocycles. The maximum Gasteiger partial charge on any atom is 0.117 e. The first-order valence-electron chi connectivity index (χ1n) is 6.03. The van der Waals surface area contributed by atoms with Gasteiger partial charge in [0.2, 0.25) is 0 Å². The van der Waals surface area contributed by atoms with Crippen molar-refractivity contribution in [3.63, 3.8) is 0 Å². The van der Waals surface area contributed by atoms with E-state index in [1.807, 2.05) is 12.1 Å². The molecule has 0 spiro atoms. The third kappa shape index (κ3) is 2.76. The molecule has 17 heavy (non-hydrogen) atoms. The zero-order chi connectivity index (χ0) is 12.3.